The Kier molecular flexibility index (Phi) is 5.65. The summed E-state index contributed by atoms with van der Waals surface area (Å²) >= 11 is 1.23. The second-order valence-corrected chi connectivity index (χ2v) is 12.4. The summed E-state index contributed by atoms with van der Waals surface area (Å²) < 4.78 is 50.8. The Hall–Kier alpha value is -4.02. The third-order valence-corrected chi connectivity index (χ3v) is 9.47. The number of thiophene rings is 1. The van der Waals surface area contributed by atoms with Gasteiger partial charge in [-0.15, -0.1) is 11.3 Å². The Morgan fingerprint density at radius 1 is 0.952 bits per heavy atom. The molecule has 8 rings (SSSR count). The molecule has 0 bridgehead atoms. The molecule has 2 aliphatic rings. The smallest absolute Gasteiger partial charge is 0.142 e. The fourth-order valence-electron chi connectivity index (χ4n) is 6.31. The predicted octanol–water partition coefficient (Wildman–Crippen LogP) is 7.90. The molecule has 0 saturated heterocycles. The lowest BCUT2D eigenvalue weighted by atomic mass is 9.90. The minimum atomic E-state index is -0.720. The van der Waals surface area contributed by atoms with Gasteiger partial charge in [-0.05, 0) is 56.4 Å². The Bertz CT molecular complexity index is 2030. The maximum Gasteiger partial charge on any atom is 0.142 e. The molecule has 2 aromatic carbocycles. The highest BCUT2D eigenvalue weighted by Gasteiger charge is 2.34. The lowest BCUT2D eigenvalue weighted by Crippen LogP contribution is -2.34. The SMILES string of the molecule is C[C@H]1NC[C@H](C)n2nc(-c3nc(-c4ccc5cn(C)nc5c4)c4scc(F)c4c3-c3c(F)cc(F)cc3C3CC3)cc21. The van der Waals surface area contributed by atoms with E-state index in [4.69, 9.17) is 10.1 Å². The monoisotopic (exact) mass is 584 g/mol. The standard InChI is InChI=1S/C32H27F3N6S/c1-15-12-36-16(2)26-11-25(39-41(15)26)31-29(27-21(17-4-5-17)9-20(33)10-22(27)34)28-23(35)14-42-32(28)30(37-31)18-6-7-19-13-40(3)38-24(19)8-18/h6-11,13-17,36H,4-5,12H2,1-3H3/t15-,16+/m0/s1. The second-order valence-electron chi connectivity index (χ2n) is 11.6. The Morgan fingerprint density at radius 2 is 1.79 bits per heavy atom. The van der Waals surface area contributed by atoms with Gasteiger partial charge < -0.3 is 5.32 Å². The van der Waals surface area contributed by atoms with Gasteiger partial charge in [0.05, 0.1) is 33.3 Å². The van der Waals surface area contributed by atoms with Crippen molar-refractivity contribution in [3.63, 3.8) is 0 Å². The molecule has 0 radical (unpaired) electrons. The van der Waals surface area contributed by atoms with E-state index in [9.17, 15) is 4.39 Å². The van der Waals surface area contributed by atoms with Crippen LogP contribution in [0.2, 0.25) is 0 Å². The molecule has 1 N–H and O–H groups in total. The van der Waals surface area contributed by atoms with Crippen molar-refractivity contribution in [3.8, 4) is 33.8 Å². The van der Waals surface area contributed by atoms with Crippen molar-refractivity contribution in [1.29, 1.82) is 0 Å². The minimum absolute atomic E-state index is 0.0143. The van der Waals surface area contributed by atoms with E-state index < -0.39 is 17.5 Å². The number of hydrogen-bond acceptors (Lipinski definition) is 5. The zero-order valence-electron chi connectivity index (χ0n) is 23.3. The highest BCUT2D eigenvalue weighted by atomic mass is 32.1. The van der Waals surface area contributed by atoms with E-state index in [1.54, 1.807) is 4.68 Å². The van der Waals surface area contributed by atoms with Gasteiger partial charge in [-0.1, -0.05) is 12.1 Å². The number of pyridine rings is 1. The Balaban J connectivity index is 1.48. The summed E-state index contributed by atoms with van der Waals surface area (Å²) in [4.78, 5) is 5.18. The molecule has 4 aromatic heterocycles. The maximum atomic E-state index is 16.0. The van der Waals surface area contributed by atoms with Crippen LogP contribution in [-0.4, -0.2) is 31.1 Å². The fourth-order valence-corrected chi connectivity index (χ4v) is 7.24. The van der Waals surface area contributed by atoms with Crippen LogP contribution in [0.1, 0.15) is 55.9 Å². The van der Waals surface area contributed by atoms with Gasteiger partial charge in [0.2, 0.25) is 0 Å². The Morgan fingerprint density at radius 3 is 2.57 bits per heavy atom. The number of nitrogens with zero attached hydrogens (tertiary/aromatic N) is 5. The van der Waals surface area contributed by atoms with Crippen LogP contribution in [0, 0.1) is 17.5 Å². The van der Waals surface area contributed by atoms with Crippen LogP contribution >= 0.6 is 11.3 Å². The van der Waals surface area contributed by atoms with Gasteiger partial charge in [-0.25, -0.2) is 18.2 Å². The van der Waals surface area contributed by atoms with Crippen LogP contribution in [0.5, 0.6) is 0 Å². The molecular weight excluding hydrogens is 557 g/mol. The lowest BCUT2D eigenvalue weighted by Gasteiger charge is -2.27. The first kappa shape index (κ1) is 25.7. The van der Waals surface area contributed by atoms with Gasteiger partial charge in [-0.2, -0.15) is 10.2 Å². The van der Waals surface area contributed by atoms with Crippen LogP contribution in [0.4, 0.5) is 13.2 Å². The molecule has 10 heteroatoms. The molecule has 2 atom stereocenters. The predicted molar refractivity (Wildman–Crippen MR) is 159 cm³/mol. The van der Waals surface area contributed by atoms with Crippen LogP contribution in [0.3, 0.4) is 0 Å². The zero-order valence-corrected chi connectivity index (χ0v) is 24.1. The summed E-state index contributed by atoms with van der Waals surface area (Å²) in [6.07, 6.45) is 3.59. The van der Waals surface area contributed by atoms with Crippen molar-refractivity contribution < 1.29 is 13.2 Å². The highest BCUT2D eigenvalue weighted by molar-refractivity contribution is 7.17. The number of benzene rings is 2. The quantitative estimate of drug-likeness (QED) is 0.229. The first-order valence-corrected chi connectivity index (χ1v) is 15.0. The average Bonchev–Trinajstić information content (AvgIpc) is 3.40. The maximum absolute atomic E-state index is 16.0. The first-order valence-electron chi connectivity index (χ1n) is 14.1. The van der Waals surface area contributed by atoms with Crippen molar-refractivity contribution in [2.75, 3.05) is 6.54 Å². The van der Waals surface area contributed by atoms with E-state index in [2.05, 4.69) is 24.3 Å². The van der Waals surface area contributed by atoms with E-state index in [0.717, 1.165) is 47.6 Å². The van der Waals surface area contributed by atoms with Crippen LogP contribution in [0.15, 0.2) is 48.0 Å². The molecule has 1 saturated carbocycles. The van der Waals surface area contributed by atoms with Crippen LogP contribution in [-0.2, 0) is 7.05 Å². The molecule has 0 spiro atoms. The summed E-state index contributed by atoms with van der Waals surface area (Å²) in [6.45, 7) is 4.90. The average molecular weight is 585 g/mol. The molecule has 1 fully saturated rings. The normalized spacial score (nSPS) is 18.7. The summed E-state index contributed by atoms with van der Waals surface area (Å²) in [5, 5.41) is 15.7. The van der Waals surface area contributed by atoms with Gasteiger partial charge in [-0.3, -0.25) is 9.36 Å². The van der Waals surface area contributed by atoms with Crippen LogP contribution < -0.4 is 5.32 Å². The number of rotatable bonds is 4. The minimum Gasteiger partial charge on any atom is -0.307 e. The number of halogens is 3. The third kappa shape index (κ3) is 3.92. The van der Waals surface area contributed by atoms with E-state index in [1.807, 2.05) is 42.2 Å². The largest absolute Gasteiger partial charge is 0.307 e. The summed E-state index contributed by atoms with van der Waals surface area (Å²) in [6, 6.07) is 10.2. The van der Waals surface area contributed by atoms with E-state index in [-0.39, 0.29) is 29.0 Å². The second kappa shape index (κ2) is 9.24. The van der Waals surface area contributed by atoms with Crippen LogP contribution in [0.25, 0.3) is 54.8 Å². The van der Waals surface area contributed by atoms with Gasteiger partial charge >= 0.3 is 0 Å². The summed E-state index contributed by atoms with van der Waals surface area (Å²) in [5.41, 5.74) is 5.11. The van der Waals surface area contributed by atoms with E-state index in [1.165, 1.54) is 22.8 Å². The summed E-state index contributed by atoms with van der Waals surface area (Å²) in [7, 11) is 1.86. The van der Waals surface area contributed by atoms with Crippen molar-refractivity contribution in [3.05, 3.63) is 76.7 Å². The molecule has 0 unspecified atom stereocenters. The summed E-state index contributed by atoms with van der Waals surface area (Å²) in [5.74, 6) is -1.81. The molecule has 1 aliphatic carbocycles. The van der Waals surface area contributed by atoms with Gasteiger partial charge in [0.15, 0.2) is 0 Å². The molecule has 212 valence electrons. The number of aryl methyl sites for hydroxylation is 1. The molecular formula is C32H27F3N6S. The van der Waals surface area contributed by atoms with Gasteiger partial charge in [0, 0.05) is 64.7 Å². The van der Waals surface area contributed by atoms with Gasteiger partial charge in [0.25, 0.3) is 0 Å². The zero-order chi connectivity index (χ0) is 28.9. The third-order valence-electron chi connectivity index (χ3n) is 8.51. The van der Waals surface area contributed by atoms with Crippen molar-refractivity contribution in [2.45, 2.75) is 44.7 Å². The Labute approximate surface area is 243 Å². The van der Waals surface area contributed by atoms with Crippen molar-refractivity contribution >= 4 is 32.3 Å². The number of nitrogens with one attached hydrogen (secondary N) is 1. The molecule has 1 aliphatic heterocycles. The molecule has 0 amide bonds. The lowest BCUT2D eigenvalue weighted by molar-refractivity contribution is 0.354. The topological polar surface area (TPSA) is 60.6 Å². The van der Waals surface area contributed by atoms with E-state index >= 15 is 8.78 Å². The highest BCUT2D eigenvalue weighted by Crippen LogP contribution is 2.51. The number of fused-ring (bicyclic) bond motifs is 3. The molecule has 6 nitrogen and oxygen atoms in total. The molecule has 6 aromatic rings. The number of aromatic nitrogens is 5. The fraction of sp³-hybridized carbons (Fsp3) is 0.281. The molecule has 42 heavy (non-hydrogen) atoms. The van der Waals surface area contributed by atoms with Gasteiger partial charge in [0.1, 0.15) is 23.1 Å². The molecule has 5 heterocycles. The first-order chi connectivity index (χ1) is 20.3. The van der Waals surface area contributed by atoms with E-state index in [0.29, 0.717) is 32.9 Å². The van der Waals surface area contributed by atoms with Crippen molar-refractivity contribution in [1.82, 2.24) is 29.9 Å². The number of hydrogen-bond donors (Lipinski definition) is 1. The van der Waals surface area contributed by atoms with Crippen molar-refractivity contribution in [2.24, 2.45) is 7.05 Å².